The monoisotopic (exact) mass is 685 g/mol. The van der Waals surface area contributed by atoms with Gasteiger partial charge in [-0.1, -0.05) is 71.7 Å². The number of benzene rings is 2. The lowest BCUT2D eigenvalue weighted by molar-refractivity contribution is -0.142. The number of anilines is 2. The van der Waals surface area contributed by atoms with Gasteiger partial charge in [0.2, 0.25) is 11.8 Å². The van der Waals surface area contributed by atoms with E-state index in [1.54, 1.807) is 62.9 Å². The van der Waals surface area contributed by atoms with Crippen LogP contribution in [0.15, 0.2) is 79.9 Å². The van der Waals surface area contributed by atoms with Gasteiger partial charge in [0.15, 0.2) is 0 Å². The van der Waals surface area contributed by atoms with E-state index >= 15 is 0 Å². The Morgan fingerprint density at radius 1 is 1.07 bits per heavy atom. The summed E-state index contributed by atoms with van der Waals surface area (Å²) in [6.07, 6.45) is 3.88. The van der Waals surface area contributed by atoms with Gasteiger partial charge in [0.25, 0.3) is 5.91 Å². The Hall–Kier alpha value is -2.59. The molecule has 2 aromatic carbocycles. The Morgan fingerprint density at radius 3 is 2.21 bits per heavy atom. The summed E-state index contributed by atoms with van der Waals surface area (Å²) >= 11 is 11.6. The van der Waals surface area contributed by atoms with Crippen LogP contribution in [0.25, 0.3) is 0 Å². The number of alkyl halides is 1. The van der Waals surface area contributed by atoms with Crippen LogP contribution in [0.5, 0.6) is 0 Å². The van der Waals surface area contributed by atoms with Crippen molar-refractivity contribution in [3.05, 3.63) is 84.9 Å². The van der Waals surface area contributed by atoms with E-state index in [4.69, 9.17) is 11.6 Å². The van der Waals surface area contributed by atoms with Crippen molar-refractivity contribution in [1.82, 2.24) is 4.90 Å². The van der Waals surface area contributed by atoms with E-state index in [-0.39, 0.29) is 46.9 Å². The van der Waals surface area contributed by atoms with Gasteiger partial charge in [-0.15, -0.1) is 24.9 Å². The third-order valence-electron chi connectivity index (χ3n) is 8.92. The van der Waals surface area contributed by atoms with Crippen molar-refractivity contribution in [2.24, 2.45) is 17.8 Å². The zero-order chi connectivity index (χ0) is 31.1. The molecule has 43 heavy (non-hydrogen) atoms. The first-order valence-corrected chi connectivity index (χ1v) is 16.7. The molecule has 3 amide bonds. The second-order valence-electron chi connectivity index (χ2n) is 11.7. The number of fused-ring (bicyclic) bond motifs is 1. The van der Waals surface area contributed by atoms with Crippen molar-refractivity contribution in [2.45, 2.75) is 47.2 Å². The Labute approximate surface area is 271 Å². The summed E-state index contributed by atoms with van der Waals surface area (Å²) in [5, 5.41) is 10.9. The third-order valence-corrected chi connectivity index (χ3v) is 12.4. The molecule has 0 aliphatic carbocycles. The van der Waals surface area contributed by atoms with E-state index in [1.165, 1.54) is 0 Å². The highest BCUT2D eigenvalue weighted by molar-refractivity contribution is 9.09. The molecule has 7 atom stereocenters. The largest absolute Gasteiger partial charge is 0.394 e. The Morgan fingerprint density at radius 2 is 1.65 bits per heavy atom. The molecule has 0 radical (unpaired) electrons. The SMILES string of the molecule is C=CCN(C(=O)C1N([C@@H](CO)C(C)C)C(=O)[C@@H]2[C@@H](C(=O)N(CC=C)c3ccccc3)[C@@H]3SC12CC3Br)c1ccc(Cl)cc1. The molecule has 3 unspecified atom stereocenters. The number of thioether (sulfide) groups is 1. The second kappa shape index (κ2) is 12.8. The quantitative estimate of drug-likeness (QED) is 0.248. The van der Waals surface area contributed by atoms with E-state index < -0.39 is 28.7 Å². The molecule has 10 heteroatoms. The van der Waals surface area contributed by atoms with Crippen molar-refractivity contribution in [1.29, 1.82) is 0 Å². The van der Waals surface area contributed by atoms with Crippen molar-refractivity contribution >= 4 is 68.4 Å². The standard InChI is InChI=1S/C33H37BrClN3O4S/c1-5-16-36(22-10-8-7-9-11-22)30(40)26-27-31(41)38(25(19-39)20(3)4)29(33(27)18-24(34)28(26)43-33)32(42)37(17-6-2)23-14-12-21(35)13-15-23/h5-15,20,24-29,39H,1-2,16-19H2,3-4H3/t24?,25-,26+,27-,28+,29?,33?/m0/s1. The number of amides is 3. The smallest absolute Gasteiger partial charge is 0.251 e. The molecule has 228 valence electrons. The number of hydrogen-bond donors (Lipinski definition) is 1. The number of carbonyl (C=O) groups excluding carboxylic acids is 3. The normalized spacial score (nSPS) is 28.1. The van der Waals surface area contributed by atoms with E-state index in [9.17, 15) is 19.5 Å². The minimum Gasteiger partial charge on any atom is -0.394 e. The summed E-state index contributed by atoms with van der Waals surface area (Å²) in [6.45, 7) is 11.8. The highest BCUT2D eigenvalue weighted by atomic mass is 79.9. The average molecular weight is 687 g/mol. The number of aliphatic hydroxyl groups excluding tert-OH is 1. The molecule has 0 aromatic heterocycles. The van der Waals surface area contributed by atoms with Crippen LogP contribution < -0.4 is 9.80 Å². The first-order valence-electron chi connectivity index (χ1n) is 14.5. The van der Waals surface area contributed by atoms with Gasteiger partial charge < -0.3 is 19.8 Å². The van der Waals surface area contributed by atoms with E-state index in [1.807, 2.05) is 44.2 Å². The number of halogens is 2. The number of carbonyl (C=O) groups is 3. The summed E-state index contributed by atoms with van der Waals surface area (Å²) in [5.41, 5.74) is 1.36. The van der Waals surface area contributed by atoms with Gasteiger partial charge in [-0.25, -0.2) is 0 Å². The minimum atomic E-state index is -0.891. The fourth-order valence-corrected chi connectivity index (χ4v) is 10.8. The van der Waals surface area contributed by atoms with Crippen LogP contribution in [-0.2, 0) is 14.4 Å². The fourth-order valence-electron chi connectivity index (χ4n) is 7.07. The van der Waals surface area contributed by atoms with Crippen LogP contribution in [0.3, 0.4) is 0 Å². The molecule has 3 aliphatic heterocycles. The maximum absolute atomic E-state index is 14.8. The van der Waals surface area contributed by atoms with E-state index in [2.05, 4.69) is 29.1 Å². The molecule has 1 spiro atoms. The van der Waals surface area contributed by atoms with Crippen LogP contribution in [-0.4, -0.2) is 74.3 Å². The summed E-state index contributed by atoms with van der Waals surface area (Å²) in [4.78, 5) is 48.8. The van der Waals surface area contributed by atoms with E-state index in [0.29, 0.717) is 23.7 Å². The number of aliphatic hydroxyl groups is 1. The van der Waals surface area contributed by atoms with Crippen LogP contribution in [0.1, 0.15) is 20.3 Å². The van der Waals surface area contributed by atoms with Gasteiger partial charge in [0, 0.05) is 39.6 Å². The number of para-hydroxylation sites is 1. The first-order chi connectivity index (χ1) is 20.6. The van der Waals surface area contributed by atoms with Crippen LogP contribution in [0.4, 0.5) is 11.4 Å². The molecule has 7 nitrogen and oxygen atoms in total. The van der Waals surface area contributed by atoms with Crippen molar-refractivity contribution in [3.63, 3.8) is 0 Å². The fraction of sp³-hybridized carbons (Fsp3) is 0.424. The minimum absolute atomic E-state index is 0.0814. The van der Waals surface area contributed by atoms with Gasteiger partial charge in [0.05, 0.1) is 29.2 Å². The van der Waals surface area contributed by atoms with Crippen molar-refractivity contribution in [3.8, 4) is 0 Å². The van der Waals surface area contributed by atoms with Gasteiger partial charge >= 0.3 is 0 Å². The third kappa shape index (κ3) is 5.36. The molecular weight excluding hydrogens is 650 g/mol. The van der Waals surface area contributed by atoms with Crippen molar-refractivity contribution in [2.75, 3.05) is 29.5 Å². The average Bonchev–Trinajstić information content (AvgIpc) is 3.59. The number of hydrogen-bond acceptors (Lipinski definition) is 5. The molecular formula is C33H37BrClN3O4S. The second-order valence-corrected chi connectivity index (χ2v) is 14.8. The number of nitrogens with zero attached hydrogens (tertiary/aromatic N) is 3. The van der Waals surface area contributed by atoms with Gasteiger partial charge in [-0.05, 0) is 48.7 Å². The molecule has 2 bridgehead atoms. The Balaban J connectivity index is 1.63. The van der Waals surface area contributed by atoms with Crippen LogP contribution >= 0.6 is 39.3 Å². The highest BCUT2D eigenvalue weighted by Crippen LogP contribution is 2.68. The Bertz CT molecular complexity index is 1390. The summed E-state index contributed by atoms with van der Waals surface area (Å²) in [5.74, 6) is -2.18. The van der Waals surface area contributed by atoms with E-state index in [0.717, 1.165) is 5.69 Å². The molecule has 2 aromatic rings. The maximum Gasteiger partial charge on any atom is 0.251 e. The zero-order valence-electron chi connectivity index (χ0n) is 24.3. The number of likely N-dealkylation sites (tertiary alicyclic amines) is 1. The molecule has 3 heterocycles. The maximum atomic E-state index is 14.8. The number of rotatable bonds is 11. The lowest BCUT2D eigenvalue weighted by atomic mass is 9.70. The molecule has 0 saturated carbocycles. The van der Waals surface area contributed by atoms with Crippen molar-refractivity contribution < 1.29 is 19.5 Å². The van der Waals surface area contributed by atoms with Gasteiger partial charge in [0.1, 0.15) is 6.04 Å². The molecule has 3 saturated heterocycles. The summed E-state index contributed by atoms with van der Waals surface area (Å²) in [7, 11) is 0. The lowest BCUT2D eigenvalue weighted by Gasteiger charge is -2.41. The lowest BCUT2D eigenvalue weighted by Crippen LogP contribution is -2.59. The summed E-state index contributed by atoms with van der Waals surface area (Å²) in [6, 6.07) is 14.9. The van der Waals surface area contributed by atoms with Crippen LogP contribution in [0.2, 0.25) is 5.02 Å². The van der Waals surface area contributed by atoms with Crippen LogP contribution in [0, 0.1) is 17.8 Å². The predicted molar refractivity (Wildman–Crippen MR) is 178 cm³/mol. The highest BCUT2D eigenvalue weighted by Gasteiger charge is 2.76. The van der Waals surface area contributed by atoms with Gasteiger partial charge in [-0.3, -0.25) is 14.4 Å². The zero-order valence-corrected chi connectivity index (χ0v) is 27.5. The molecule has 3 aliphatic rings. The summed E-state index contributed by atoms with van der Waals surface area (Å²) < 4.78 is -0.863. The topological polar surface area (TPSA) is 81.2 Å². The molecule has 1 N–H and O–H groups in total. The Kier molecular flexibility index (Phi) is 9.47. The van der Waals surface area contributed by atoms with Gasteiger partial charge in [-0.2, -0.15) is 0 Å². The molecule has 5 rings (SSSR count). The molecule has 3 fully saturated rings. The first kappa shape index (κ1) is 31.8. The predicted octanol–water partition coefficient (Wildman–Crippen LogP) is 5.56.